The first kappa shape index (κ1) is 15.4. The summed E-state index contributed by atoms with van der Waals surface area (Å²) in [6.07, 6.45) is 4.08. The molecule has 1 aromatic heterocycles. The highest BCUT2D eigenvalue weighted by atomic mass is 16.4. The number of H-pyrrole nitrogens is 1. The van der Waals surface area contributed by atoms with Crippen LogP contribution in [0, 0.1) is 12.3 Å². The lowest BCUT2D eigenvalue weighted by atomic mass is 9.76. The largest absolute Gasteiger partial charge is 0.477 e. The van der Waals surface area contributed by atoms with E-state index in [0.717, 1.165) is 25.7 Å². The van der Waals surface area contributed by atoms with Crippen LogP contribution >= 0.6 is 0 Å². The van der Waals surface area contributed by atoms with Crippen LogP contribution in [0.5, 0.6) is 0 Å². The molecule has 1 fully saturated rings. The Kier molecular flexibility index (Phi) is 4.25. The van der Waals surface area contributed by atoms with Gasteiger partial charge in [-0.2, -0.15) is 0 Å². The molecule has 21 heavy (non-hydrogen) atoms. The molecule has 1 saturated carbocycles. The first-order chi connectivity index (χ1) is 9.77. The van der Waals surface area contributed by atoms with Crippen molar-refractivity contribution in [1.82, 2.24) is 10.3 Å². The van der Waals surface area contributed by atoms with Gasteiger partial charge in [0.1, 0.15) is 5.69 Å². The van der Waals surface area contributed by atoms with Crippen LogP contribution in [-0.2, 0) is 0 Å². The summed E-state index contributed by atoms with van der Waals surface area (Å²) in [5, 5.41) is 14.6. The van der Waals surface area contributed by atoms with Crippen LogP contribution < -0.4 is 10.6 Å². The average molecular weight is 293 g/mol. The Morgan fingerprint density at radius 2 is 1.95 bits per heavy atom. The molecule has 2 amide bonds. The number of hydrogen-bond acceptors (Lipinski definition) is 2. The number of aryl methyl sites for hydroxylation is 1. The molecule has 4 N–H and O–H groups in total. The minimum atomic E-state index is -1.09. The van der Waals surface area contributed by atoms with Crippen LogP contribution in [0.15, 0.2) is 6.07 Å². The maximum absolute atomic E-state index is 12.0. The topological polar surface area (TPSA) is 94.2 Å². The maximum atomic E-state index is 12.0. The third kappa shape index (κ3) is 4.00. The van der Waals surface area contributed by atoms with E-state index < -0.39 is 5.97 Å². The van der Waals surface area contributed by atoms with Crippen molar-refractivity contribution in [2.75, 3.05) is 5.32 Å². The van der Waals surface area contributed by atoms with Crippen molar-refractivity contribution >= 4 is 17.7 Å². The van der Waals surface area contributed by atoms with Crippen molar-refractivity contribution in [3.8, 4) is 0 Å². The van der Waals surface area contributed by atoms with Crippen LogP contribution in [0.25, 0.3) is 0 Å². The Labute approximate surface area is 124 Å². The standard InChI is InChI=1S/C15H23N3O3/c1-9-8-11(12(16-9)13(19)20)18-14(21)17-10-4-6-15(2,3)7-5-10/h8,10,16H,4-7H2,1-3H3,(H,19,20)(H2,17,18,21). The number of nitrogens with one attached hydrogen (secondary N) is 3. The predicted octanol–water partition coefficient (Wildman–Crippen LogP) is 3.11. The van der Waals surface area contributed by atoms with Crippen molar-refractivity contribution in [3.63, 3.8) is 0 Å². The Hall–Kier alpha value is -1.98. The molecule has 0 aromatic carbocycles. The minimum absolute atomic E-state index is 0.00688. The molecule has 1 aliphatic carbocycles. The van der Waals surface area contributed by atoms with Gasteiger partial charge in [0.25, 0.3) is 0 Å². The molecule has 0 unspecified atom stereocenters. The van der Waals surface area contributed by atoms with Gasteiger partial charge < -0.3 is 20.7 Å². The summed E-state index contributed by atoms with van der Waals surface area (Å²) < 4.78 is 0. The predicted molar refractivity (Wildman–Crippen MR) is 80.7 cm³/mol. The van der Waals surface area contributed by atoms with E-state index in [-0.39, 0.29) is 17.8 Å². The Bertz CT molecular complexity index is 538. The third-order valence-electron chi connectivity index (χ3n) is 4.09. The third-order valence-corrected chi connectivity index (χ3v) is 4.09. The van der Waals surface area contributed by atoms with E-state index in [1.807, 2.05) is 0 Å². The van der Waals surface area contributed by atoms with Crippen LogP contribution in [0.1, 0.15) is 55.7 Å². The van der Waals surface area contributed by atoms with E-state index in [2.05, 4.69) is 29.5 Å². The number of rotatable bonds is 3. The normalized spacial score (nSPS) is 18.2. The molecule has 1 aromatic rings. The van der Waals surface area contributed by atoms with Crippen LogP contribution in [0.3, 0.4) is 0 Å². The molecular formula is C15H23N3O3. The molecule has 2 rings (SSSR count). The number of carboxylic acid groups (broad SMARTS) is 1. The molecule has 6 nitrogen and oxygen atoms in total. The first-order valence-electron chi connectivity index (χ1n) is 7.27. The zero-order valence-electron chi connectivity index (χ0n) is 12.7. The Morgan fingerprint density at radius 1 is 1.33 bits per heavy atom. The fourth-order valence-electron chi connectivity index (χ4n) is 2.74. The van der Waals surface area contributed by atoms with E-state index in [4.69, 9.17) is 5.11 Å². The lowest BCUT2D eigenvalue weighted by molar-refractivity contribution is 0.0692. The molecule has 6 heteroatoms. The van der Waals surface area contributed by atoms with Crippen molar-refractivity contribution in [3.05, 3.63) is 17.5 Å². The van der Waals surface area contributed by atoms with Gasteiger partial charge in [0, 0.05) is 11.7 Å². The van der Waals surface area contributed by atoms with Gasteiger partial charge in [0.15, 0.2) is 0 Å². The molecule has 0 saturated heterocycles. The van der Waals surface area contributed by atoms with E-state index in [0.29, 0.717) is 16.8 Å². The van der Waals surface area contributed by atoms with Crippen LogP contribution in [-0.4, -0.2) is 28.1 Å². The van der Waals surface area contributed by atoms with Crippen molar-refractivity contribution < 1.29 is 14.7 Å². The van der Waals surface area contributed by atoms with Gasteiger partial charge in [-0.25, -0.2) is 9.59 Å². The highest BCUT2D eigenvalue weighted by Crippen LogP contribution is 2.35. The summed E-state index contributed by atoms with van der Waals surface area (Å²) in [6, 6.07) is 1.43. The fourth-order valence-corrected chi connectivity index (χ4v) is 2.74. The maximum Gasteiger partial charge on any atom is 0.354 e. The summed E-state index contributed by atoms with van der Waals surface area (Å²) in [7, 11) is 0. The Morgan fingerprint density at radius 3 is 2.52 bits per heavy atom. The number of carbonyl (C=O) groups is 2. The molecule has 116 valence electrons. The molecule has 1 heterocycles. The zero-order valence-corrected chi connectivity index (χ0v) is 12.7. The summed E-state index contributed by atoms with van der Waals surface area (Å²) in [4.78, 5) is 25.8. The Balaban J connectivity index is 1.92. The number of anilines is 1. The minimum Gasteiger partial charge on any atom is -0.477 e. The number of aromatic nitrogens is 1. The second-order valence-corrected chi connectivity index (χ2v) is 6.58. The van der Waals surface area contributed by atoms with Gasteiger partial charge >= 0.3 is 12.0 Å². The van der Waals surface area contributed by atoms with E-state index in [1.165, 1.54) is 0 Å². The fraction of sp³-hybridized carbons (Fsp3) is 0.600. The summed E-state index contributed by atoms with van der Waals surface area (Å²) in [5.74, 6) is -1.09. The molecule has 1 aliphatic rings. The van der Waals surface area contributed by atoms with Gasteiger partial charge in [-0.1, -0.05) is 13.8 Å². The lowest BCUT2D eigenvalue weighted by Crippen LogP contribution is -2.41. The van der Waals surface area contributed by atoms with Gasteiger partial charge in [0.2, 0.25) is 0 Å². The van der Waals surface area contributed by atoms with E-state index in [9.17, 15) is 9.59 Å². The van der Waals surface area contributed by atoms with Crippen molar-refractivity contribution in [2.45, 2.75) is 52.5 Å². The molecule has 0 bridgehead atoms. The van der Waals surface area contributed by atoms with Gasteiger partial charge in [-0.3, -0.25) is 0 Å². The van der Waals surface area contributed by atoms with E-state index >= 15 is 0 Å². The van der Waals surface area contributed by atoms with Crippen molar-refractivity contribution in [2.24, 2.45) is 5.41 Å². The molecule has 0 atom stereocenters. The van der Waals surface area contributed by atoms with Crippen molar-refractivity contribution in [1.29, 1.82) is 0 Å². The van der Waals surface area contributed by atoms with E-state index in [1.54, 1.807) is 13.0 Å². The summed E-state index contributed by atoms with van der Waals surface area (Å²) >= 11 is 0. The number of carbonyl (C=O) groups excluding carboxylic acids is 1. The van der Waals surface area contributed by atoms with Gasteiger partial charge in [0.05, 0.1) is 5.69 Å². The van der Waals surface area contributed by atoms with Gasteiger partial charge in [-0.05, 0) is 44.1 Å². The average Bonchev–Trinajstić information content (AvgIpc) is 2.73. The first-order valence-corrected chi connectivity index (χ1v) is 7.27. The number of aromatic carboxylic acids is 1. The summed E-state index contributed by atoms with van der Waals surface area (Å²) in [6.45, 7) is 6.23. The number of aromatic amines is 1. The number of hydrogen-bond donors (Lipinski definition) is 4. The second kappa shape index (κ2) is 5.79. The van der Waals surface area contributed by atoms with Crippen LogP contribution in [0.4, 0.5) is 10.5 Å². The quantitative estimate of drug-likeness (QED) is 0.689. The highest BCUT2D eigenvalue weighted by Gasteiger charge is 2.27. The van der Waals surface area contributed by atoms with Gasteiger partial charge in [-0.15, -0.1) is 0 Å². The number of amides is 2. The highest BCUT2D eigenvalue weighted by molar-refractivity contribution is 5.99. The monoisotopic (exact) mass is 293 g/mol. The molecule has 0 aliphatic heterocycles. The second-order valence-electron chi connectivity index (χ2n) is 6.58. The van der Waals surface area contributed by atoms with Crippen LogP contribution in [0.2, 0.25) is 0 Å². The smallest absolute Gasteiger partial charge is 0.354 e. The molecule has 0 radical (unpaired) electrons. The summed E-state index contributed by atoms with van der Waals surface area (Å²) in [5.41, 5.74) is 1.35. The SMILES string of the molecule is Cc1cc(NC(=O)NC2CCC(C)(C)CC2)c(C(=O)O)[nH]1. The molecule has 0 spiro atoms. The lowest BCUT2D eigenvalue weighted by Gasteiger charge is -2.34. The molecular weight excluding hydrogens is 270 g/mol. The number of urea groups is 1. The zero-order chi connectivity index (χ0) is 15.6. The number of carboxylic acids is 1.